The van der Waals surface area contributed by atoms with Crippen molar-refractivity contribution < 1.29 is 32.7 Å². The molecule has 10 nitrogen and oxygen atoms in total. The van der Waals surface area contributed by atoms with Crippen molar-refractivity contribution in [3.8, 4) is 0 Å². The van der Waals surface area contributed by atoms with Crippen LogP contribution in [0.1, 0.15) is 73.6 Å². The molecule has 39 heavy (non-hydrogen) atoms. The fourth-order valence-corrected chi connectivity index (χ4v) is 4.83. The van der Waals surface area contributed by atoms with E-state index in [4.69, 9.17) is 0 Å². The summed E-state index contributed by atoms with van der Waals surface area (Å²) in [5, 5.41) is 23.7. The monoisotopic (exact) mass is 550 g/mol. The Kier molecular flexibility index (Phi) is 8.01. The SMILES string of the molecule is CC(C)(C)[C@@H](C(=O)N1C[C@H](O)C[C@H]1C(=O)NCCNC(=O)c1ccccc1C(F)(F)F)n1cc(C2CC2)nn1. The number of carbonyl (C=O) groups is 3. The number of rotatable bonds is 8. The van der Waals surface area contributed by atoms with Crippen molar-refractivity contribution in [2.75, 3.05) is 19.6 Å². The Morgan fingerprint density at radius 3 is 2.41 bits per heavy atom. The highest BCUT2D eigenvalue weighted by atomic mass is 19.4. The van der Waals surface area contributed by atoms with Crippen molar-refractivity contribution in [2.24, 2.45) is 5.41 Å². The van der Waals surface area contributed by atoms with E-state index in [1.54, 1.807) is 6.20 Å². The van der Waals surface area contributed by atoms with Crippen LogP contribution in [0, 0.1) is 5.41 Å². The summed E-state index contributed by atoms with van der Waals surface area (Å²) in [5.41, 5.74) is -1.31. The first-order valence-corrected chi connectivity index (χ1v) is 12.9. The molecule has 3 N–H and O–H groups in total. The number of likely N-dealkylation sites (tertiary alicyclic amines) is 1. The summed E-state index contributed by atoms with van der Waals surface area (Å²) in [6.07, 6.45) is -1.72. The van der Waals surface area contributed by atoms with Gasteiger partial charge in [-0.1, -0.05) is 38.1 Å². The molecule has 2 aromatic rings. The highest BCUT2D eigenvalue weighted by molar-refractivity contribution is 5.96. The number of alkyl halides is 3. The Balaban J connectivity index is 1.38. The van der Waals surface area contributed by atoms with Gasteiger partial charge in [0.2, 0.25) is 11.8 Å². The van der Waals surface area contributed by atoms with E-state index in [1.807, 2.05) is 20.8 Å². The maximum atomic E-state index is 13.7. The van der Waals surface area contributed by atoms with E-state index in [0.717, 1.165) is 30.7 Å². The third-order valence-corrected chi connectivity index (χ3v) is 6.89. The lowest BCUT2D eigenvalue weighted by molar-refractivity contribution is -0.144. The molecular weight excluding hydrogens is 517 g/mol. The zero-order valence-corrected chi connectivity index (χ0v) is 22.0. The van der Waals surface area contributed by atoms with Crippen molar-refractivity contribution in [1.29, 1.82) is 0 Å². The average Bonchev–Trinajstić information content (AvgIpc) is 3.47. The molecule has 3 atom stereocenters. The maximum Gasteiger partial charge on any atom is 0.417 e. The lowest BCUT2D eigenvalue weighted by Gasteiger charge is -2.34. The van der Waals surface area contributed by atoms with Gasteiger partial charge in [0.1, 0.15) is 12.1 Å². The molecule has 2 heterocycles. The number of amides is 3. The van der Waals surface area contributed by atoms with Gasteiger partial charge in [-0.15, -0.1) is 5.10 Å². The fourth-order valence-electron chi connectivity index (χ4n) is 4.83. The lowest BCUT2D eigenvalue weighted by atomic mass is 9.85. The van der Waals surface area contributed by atoms with Gasteiger partial charge in [0.15, 0.2) is 0 Å². The summed E-state index contributed by atoms with van der Waals surface area (Å²) >= 11 is 0. The van der Waals surface area contributed by atoms with Gasteiger partial charge in [-0.05, 0) is 30.4 Å². The highest BCUT2D eigenvalue weighted by Gasteiger charge is 2.45. The Bertz CT molecular complexity index is 1220. The van der Waals surface area contributed by atoms with Crippen LogP contribution < -0.4 is 10.6 Å². The third kappa shape index (κ3) is 6.57. The molecule has 1 aromatic carbocycles. The average molecular weight is 551 g/mol. The zero-order valence-electron chi connectivity index (χ0n) is 22.0. The molecule has 13 heteroatoms. The van der Waals surface area contributed by atoms with Gasteiger partial charge in [-0.3, -0.25) is 14.4 Å². The smallest absolute Gasteiger partial charge is 0.391 e. The van der Waals surface area contributed by atoms with Crippen molar-refractivity contribution >= 4 is 17.7 Å². The van der Waals surface area contributed by atoms with Crippen LogP contribution >= 0.6 is 0 Å². The van der Waals surface area contributed by atoms with Gasteiger partial charge in [0, 0.05) is 38.2 Å². The molecule has 2 fully saturated rings. The van der Waals surface area contributed by atoms with Gasteiger partial charge in [0.05, 0.1) is 22.9 Å². The number of aliphatic hydroxyl groups is 1. The molecule has 1 saturated carbocycles. The number of β-amino-alcohol motifs (C(OH)–C–C–N with tert-alkyl or cyclic N) is 1. The van der Waals surface area contributed by atoms with Crippen LogP contribution in [0.25, 0.3) is 0 Å². The van der Waals surface area contributed by atoms with Crippen LogP contribution in [-0.4, -0.2) is 74.5 Å². The fraction of sp³-hybridized carbons (Fsp3) is 0.577. The molecule has 1 aliphatic carbocycles. The molecule has 0 radical (unpaired) electrons. The van der Waals surface area contributed by atoms with Crippen molar-refractivity contribution in [3.05, 3.63) is 47.3 Å². The summed E-state index contributed by atoms with van der Waals surface area (Å²) < 4.78 is 41.1. The highest BCUT2D eigenvalue weighted by Crippen LogP contribution is 2.40. The molecule has 1 aromatic heterocycles. The second-order valence-corrected chi connectivity index (χ2v) is 11.2. The topological polar surface area (TPSA) is 129 Å². The number of nitrogens with one attached hydrogen (secondary N) is 2. The Morgan fingerprint density at radius 1 is 1.10 bits per heavy atom. The molecule has 3 amide bonds. The number of carbonyl (C=O) groups excluding carboxylic acids is 3. The predicted octanol–water partition coefficient (Wildman–Crippen LogP) is 2.27. The Hall–Kier alpha value is -3.48. The minimum absolute atomic E-state index is 0.0291. The first-order valence-electron chi connectivity index (χ1n) is 12.9. The molecule has 1 saturated heterocycles. The number of aliphatic hydroxyl groups excluding tert-OH is 1. The normalized spacial score (nSPS) is 20.5. The van der Waals surface area contributed by atoms with E-state index < -0.39 is 52.7 Å². The summed E-state index contributed by atoms with van der Waals surface area (Å²) in [4.78, 5) is 40.4. The third-order valence-electron chi connectivity index (χ3n) is 6.89. The molecule has 4 rings (SSSR count). The van der Waals surface area contributed by atoms with Crippen LogP contribution in [-0.2, 0) is 15.8 Å². The number of benzene rings is 1. The predicted molar refractivity (Wildman–Crippen MR) is 133 cm³/mol. The molecule has 0 bridgehead atoms. The summed E-state index contributed by atoms with van der Waals surface area (Å²) in [6, 6.07) is 2.72. The second kappa shape index (κ2) is 10.9. The number of hydrogen-bond donors (Lipinski definition) is 3. The van der Waals surface area contributed by atoms with Crippen LogP contribution in [0.4, 0.5) is 13.2 Å². The first-order chi connectivity index (χ1) is 18.3. The molecular formula is C26H33F3N6O4. The minimum Gasteiger partial charge on any atom is -0.391 e. The molecule has 0 spiro atoms. The van der Waals surface area contributed by atoms with Crippen LogP contribution in [0.2, 0.25) is 0 Å². The largest absolute Gasteiger partial charge is 0.417 e. The number of nitrogens with zero attached hydrogens (tertiary/aromatic N) is 4. The lowest BCUT2D eigenvalue weighted by Crippen LogP contribution is -2.51. The van der Waals surface area contributed by atoms with E-state index in [0.29, 0.717) is 5.92 Å². The minimum atomic E-state index is -4.68. The van der Waals surface area contributed by atoms with Crippen LogP contribution in [0.3, 0.4) is 0 Å². The standard InChI is InChI=1S/C26H33F3N6O4/c1-25(2,3)21(35-14-19(32-33-35)15-8-9-15)24(39)34-13-16(36)12-20(34)23(38)31-11-10-30-22(37)17-6-4-5-7-18(17)26(27,28)29/h4-7,14-16,20-21,36H,8-13H2,1-3H3,(H,30,37)(H,31,38)/t16-,20+,21-/m1/s1. The number of halogens is 3. The van der Waals surface area contributed by atoms with E-state index in [9.17, 15) is 32.7 Å². The first kappa shape index (κ1) is 28.5. The van der Waals surface area contributed by atoms with Gasteiger partial charge in [-0.2, -0.15) is 13.2 Å². The maximum absolute atomic E-state index is 13.7. The van der Waals surface area contributed by atoms with E-state index in [2.05, 4.69) is 20.9 Å². The molecule has 2 aliphatic rings. The van der Waals surface area contributed by atoms with Crippen LogP contribution in [0.5, 0.6) is 0 Å². The van der Waals surface area contributed by atoms with Gasteiger partial charge >= 0.3 is 6.18 Å². The Labute approximate surface area is 223 Å². The van der Waals surface area contributed by atoms with E-state index in [1.165, 1.54) is 21.7 Å². The summed E-state index contributed by atoms with van der Waals surface area (Å²) in [7, 11) is 0. The Morgan fingerprint density at radius 2 is 1.77 bits per heavy atom. The second-order valence-electron chi connectivity index (χ2n) is 11.2. The van der Waals surface area contributed by atoms with E-state index >= 15 is 0 Å². The summed E-state index contributed by atoms with van der Waals surface area (Å²) in [5.74, 6) is -1.47. The molecule has 0 unspecified atom stereocenters. The zero-order chi connectivity index (χ0) is 28.5. The van der Waals surface area contributed by atoms with E-state index in [-0.39, 0.29) is 32.0 Å². The molecule has 1 aliphatic heterocycles. The van der Waals surface area contributed by atoms with Crippen molar-refractivity contribution in [3.63, 3.8) is 0 Å². The summed E-state index contributed by atoms with van der Waals surface area (Å²) in [6.45, 7) is 5.41. The van der Waals surface area contributed by atoms with Crippen molar-refractivity contribution in [2.45, 2.75) is 70.3 Å². The van der Waals surface area contributed by atoms with Crippen LogP contribution in [0.15, 0.2) is 30.5 Å². The van der Waals surface area contributed by atoms with Gasteiger partial charge in [-0.25, -0.2) is 4.68 Å². The number of hydrogen-bond acceptors (Lipinski definition) is 6. The quantitative estimate of drug-likeness (QED) is 0.433. The van der Waals surface area contributed by atoms with Crippen molar-refractivity contribution in [1.82, 2.24) is 30.5 Å². The molecule has 212 valence electrons. The van der Waals surface area contributed by atoms with Gasteiger partial charge < -0.3 is 20.6 Å². The van der Waals surface area contributed by atoms with Gasteiger partial charge in [0.25, 0.3) is 5.91 Å². The number of aromatic nitrogens is 3.